The fraction of sp³-hybridized carbons (Fsp3) is 0.600. The lowest BCUT2D eigenvalue weighted by Gasteiger charge is -2.24. The summed E-state index contributed by atoms with van der Waals surface area (Å²) in [5.74, 6) is 1.69. The highest BCUT2D eigenvalue weighted by Crippen LogP contribution is 2.37. The molecule has 0 radical (unpaired) electrons. The van der Waals surface area contributed by atoms with Crippen molar-refractivity contribution in [3.8, 4) is 11.5 Å². The largest absolute Gasteiger partial charge is 0.486 e. The van der Waals surface area contributed by atoms with Gasteiger partial charge in [-0.25, -0.2) is 0 Å². The van der Waals surface area contributed by atoms with E-state index in [4.69, 9.17) is 9.47 Å². The molecule has 0 amide bonds. The predicted octanol–water partition coefficient (Wildman–Crippen LogP) is 3.47. The summed E-state index contributed by atoms with van der Waals surface area (Å²) in [5.41, 5.74) is 0.924. The van der Waals surface area contributed by atoms with Gasteiger partial charge in [0.15, 0.2) is 11.5 Å². The van der Waals surface area contributed by atoms with E-state index in [0.29, 0.717) is 6.10 Å². The maximum absolute atomic E-state index is 5.95. The molecule has 0 spiro atoms. The maximum atomic E-state index is 5.95. The highest BCUT2D eigenvalue weighted by Gasteiger charge is 2.26. The standard InChI is InChI=1S/C15H23NO2/c1-15(2,3)18-13-9-6-11(16(4)5)10-14(13)17-12-7-8-12/h6,9-10,12H,7-8H2,1-5H3. The topological polar surface area (TPSA) is 21.7 Å². The van der Waals surface area contributed by atoms with Crippen molar-refractivity contribution >= 4 is 5.69 Å². The first-order valence-corrected chi connectivity index (χ1v) is 6.52. The molecule has 0 aliphatic heterocycles. The van der Waals surface area contributed by atoms with E-state index >= 15 is 0 Å². The molecule has 0 unspecified atom stereocenters. The summed E-state index contributed by atoms with van der Waals surface area (Å²) in [4.78, 5) is 2.07. The zero-order valence-corrected chi connectivity index (χ0v) is 12.0. The highest BCUT2D eigenvalue weighted by molar-refractivity contribution is 5.55. The average Bonchev–Trinajstić information content (AvgIpc) is 3.02. The molecule has 1 saturated carbocycles. The molecule has 3 heteroatoms. The molecule has 0 aromatic heterocycles. The Balaban J connectivity index is 2.25. The molecule has 1 aromatic rings. The van der Waals surface area contributed by atoms with Crippen LogP contribution in [0.5, 0.6) is 11.5 Å². The van der Waals surface area contributed by atoms with Crippen LogP contribution in [0.1, 0.15) is 33.6 Å². The molecular formula is C15H23NO2. The van der Waals surface area contributed by atoms with Gasteiger partial charge < -0.3 is 14.4 Å². The van der Waals surface area contributed by atoms with Gasteiger partial charge in [-0.2, -0.15) is 0 Å². The van der Waals surface area contributed by atoms with Crippen molar-refractivity contribution in [2.75, 3.05) is 19.0 Å². The Labute approximate surface area is 110 Å². The van der Waals surface area contributed by atoms with Crippen molar-refractivity contribution < 1.29 is 9.47 Å². The Morgan fingerprint density at radius 3 is 2.28 bits per heavy atom. The van der Waals surface area contributed by atoms with Crippen LogP contribution in [0, 0.1) is 0 Å². The minimum Gasteiger partial charge on any atom is -0.486 e. The summed E-state index contributed by atoms with van der Waals surface area (Å²) in [6, 6.07) is 6.11. The fourth-order valence-electron chi connectivity index (χ4n) is 1.65. The maximum Gasteiger partial charge on any atom is 0.163 e. The van der Waals surface area contributed by atoms with Gasteiger partial charge in [-0.3, -0.25) is 0 Å². The van der Waals surface area contributed by atoms with Crippen LogP contribution in [0.3, 0.4) is 0 Å². The lowest BCUT2D eigenvalue weighted by atomic mass is 10.2. The third-order valence-corrected chi connectivity index (χ3v) is 2.68. The molecule has 0 N–H and O–H groups in total. The molecule has 3 nitrogen and oxygen atoms in total. The van der Waals surface area contributed by atoms with Gasteiger partial charge in [0.05, 0.1) is 6.10 Å². The number of hydrogen-bond donors (Lipinski definition) is 0. The van der Waals surface area contributed by atoms with E-state index < -0.39 is 0 Å². The monoisotopic (exact) mass is 249 g/mol. The highest BCUT2D eigenvalue weighted by atomic mass is 16.5. The summed E-state index contributed by atoms with van der Waals surface area (Å²) in [6.45, 7) is 6.15. The number of rotatable bonds is 4. The van der Waals surface area contributed by atoms with E-state index in [1.54, 1.807) is 0 Å². The zero-order valence-electron chi connectivity index (χ0n) is 12.0. The van der Waals surface area contributed by atoms with Crippen LogP contribution in [-0.2, 0) is 0 Å². The molecule has 18 heavy (non-hydrogen) atoms. The smallest absolute Gasteiger partial charge is 0.163 e. The molecule has 100 valence electrons. The summed E-state index contributed by atoms with van der Waals surface area (Å²) in [7, 11) is 4.06. The lowest BCUT2D eigenvalue weighted by molar-refractivity contribution is 0.122. The second-order valence-electron chi connectivity index (χ2n) is 6.06. The Morgan fingerprint density at radius 1 is 1.11 bits per heavy atom. The molecular weight excluding hydrogens is 226 g/mol. The Kier molecular flexibility index (Phi) is 3.42. The average molecular weight is 249 g/mol. The third-order valence-electron chi connectivity index (χ3n) is 2.68. The van der Waals surface area contributed by atoms with Gasteiger partial charge in [0, 0.05) is 25.8 Å². The fourth-order valence-corrected chi connectivity index (χ4v) is 1.65. The molecule has 0 bridgehead atoms. The zero-order chi connectivity index (χ0) is 13.3. The van der Waals surface area contributed by atoms with E-state index in [1.165, 1.54) is 0 Å². The van der Waals surface area contributed by atoms with Gasteiger partial charge in [0.2, 0.25) is 0 Å². The SMILES string of the molecule is CN(C)c1ccc(OC(C)(C)C)c(OC2CC2)c1. The first kappa shape index (κ1) is 13.1. The number of anilines is 1. The normalized spacial score (nSPS) is 15.4. The van der Waals surface area contributed by atoms with Gasteiger partial charge in [0.1, 0.15) is 5.60 Å². The van der Waals surface area contributed by atoms with E-state index in [2.05, 4.69) is 17.0 Å². The molecule has 1 aliphatic carbocycles. The van der Waals surface area contributed by atoms with E-state index in [1.807, 2.05) is 40.9 Å². The summed E-state index contributed by atoms with van der Waals surface area (Å²) in [6.07, 6.45) is 2.69. The van der Waals surface area contributed by atoms with Crippen LogP contribution in [-0.4, -0.2) is 25.8 Å². The van der Waals surface area contributed by atoms with Crippen molar-refractivity contribution in [2.24, 2.45) is 0 Å². The second kappa shape index (κ2) is 4.71. The first-order chi connectivity index (χ1) is 8.35. The summed E-state index contributed by atoms with van der Waals surface area (Å²) >= 11 is 0. The summed E-state index contributed by atoms with van der Waals surface area (Å²) < 4.78 is 11.9. The van der Waals surface area contributed by atoms with Crippen LogP contribution >= 0.6 is 0 Å². The summed E-state index contributed by atoms with van der Waals surface area (Å²) in [5, 5.41) is 0. The molecule has 1 fully saturated rings. The second-order valence-corrected chi connectivity index (χ2v) is 6.06. The van der Waals surface area contributed by atoms with Gasteiger partial charge in [-0.1, -0.05) is 0 Å². The van der Waals surface area contributed by atoms with Gasteiger partial charge in [-0.05, 0) is 45.7 Å². The van der Waals surface area contributed by atoms with E-state index in [9.17, 15) is 0 Å². The number of nitrogens with zero attached hydrogens (tertiary/aromatic N) is 1. The molecule has 1 aromatic carbocycles. The Morgan fingerprint density at radius 2 is 1.78 bits per heavy atom. The van der Waals surface area contributed by atoms with Gasteiger partial charge in [0.25, 0.3) is 0 Å². The van der Waals surface area contributed by atoms with Crippen LogP contribution < -0.4 is 14.4 Å². The predicted molar refractivity (Wildman–Crippen MR) is 74.8 cm³/mol. The molecule has 0 heterocycles. The van der Waals surface area contributed by atoms with E-state index in [0.717, 1.165) is 30.0 Å². The number of ether oxygens (including phenoxy) is 2. The number of benzene rings is 1. The minimum absolute atomic E-state index is 0.207. The Bertz CT molecular complexity index is 417. The van der Waals surface area contributed by atoms with Crippen LogP contribution in [0.15, 0.2) is 18.2 Å². The molecule has 0 saturated heterocycles. The number of hydrogen-bond acceptors (Lipinski definition) is 3. The molecule has 2 rings (SSSR count). The van der Waals surface area contributed by atoms with Gasteiger partial charge >= 0.3 is 0 Å². The van der Waals surface area contributed by atoms with Crippen molar-refractivity contribution in [3.05, 3.63) is 18.2 Å². The van der Waals surface area contributed by atoms with Gasteiger partial charge in [-0.15, -0.1) is 0 Å². The Hall–Kier alpha value is -1.38. The van der Waals surface area contributed by atoms with Crippen LogP contribution in [0.2, 0.25) is 0 Å². The van der Waals surface area contributed by atoms with Crippen LogP contribution in [0.4, 0.5) is 5.69 Å². The van der Waals surface area contributed by atoms with Crippen LogP contribution in [0.25, 0.3) is 0 Å². The minimum atomic E-state index is -0.207. The van der Waals surface area contributed by atoms with Crippen molar-refractivity contribution in [1.82, 2.24) is 0 Å². The molecule has 1 aliphatic rings. The quantitative estimate of drug-likeness (QED) is 0.815. The van der Waals surface area contributed by atoms with Crippen molar-refractivity contribution in [2.45, 2.75) is 45.3 Å². The van der Waals surface area contributed by atoms with Crippen molar-refractivity contribution in [3.63, 3.8) is 0 Å². The van der Waals surface area contributed by atoms with E-state index in [-0.39, 0.29) is 5.60 Å². The third kappa shape index (κ3) is 3.56. The first-order valence-electron chi connectivity index (χ1n) is 6.52. The molecule has 0 atom stereocenters. The lowest BCUT2D eigenvalue weighted by Crippen LogP contribution is -2.23. The van der Waals surface area contributed by atoms with Crippen molar-refractivity contribution in [1.29, 1.82) is 0 Å².